The van der Waals surface area contributed by atoms with E-state index in [0.29, 0.717) is 15.7 Å². The summed E-state index contributed by atoms with van der Waals surface area (Å²) in [5.74, 6) is -0.584. The lowest BCUT2D eigenvalue weighted by molar-refractivity contribution is 0.1000. The fourth-order valence-corrected chi connectivity index (χ4v) is 2.84. The quantitative estimate of drug-likeness (QED) is 0.750. The molecule has 0 fully saturated rings. The van der Waals surface area contributed by atoms with Crippen LogP contribution in [0.1, 0.15) is 10.4 Å². The number of amides is 1. The smallest absolute Gasteiger partial charge is 0.269 e. The molecule has 1 rings (SSSR count). The third-order valence-electron chi connectivity index (χ3n) is 1.57. The van der Waals surface area contributed by atoms with Crippen molar-refractivity contribution in [1.29, 1.82) is 0 Å². The van der Waals surface area contributed by atoms with Gasteiger partial charge in [0, 0.05) is 21.3 Å². The Balaban J connectivity index is 2.97. The maximum absolute atomic E-state index is 11.2. The van der Waals surface area contributed by atoms with E-state index in [1.54, 1.807) is 12.1 Å². The van der Waals surface area contributed by atoms with Gasteiger partial charge in [-0.2, -0.15) is 0 Å². The van der Waals surface area contributed by atoms with E-state index in [1.165, 1.54) is 19.2 Å². The largest absolute Gasteiger partial charge is 0.366 e. The summed E-state index contributed by atoms with van der Waals surface area (Å²) in [6.07, 6.45) is 0. The molecular weight excluding hydrogens is 236 g/mol. The van der Waals surface area contributed by atoms with Gasteiger partial charge in [-0.1, -0.05) is 6.07 Å². The molecule has 5 nitrogen and oxygen atoms in total. The lowest BCUT2D eigenvalue weighted by Crippen LogP contribution is -2.14. The molecule has 0 aliphatic rings. The Hall–Kier alpha value is -1.05. The van der Waals surface area contributed by atoms with E-state index >= 15 is 0 Å². The van der Waals surface area contributed by atoms with Crippen LogP contribution in [0.5, 0.6) is 0 Å². The van der Waals surface area contributed by atoms with Gasteiger partial charge in [-0.25, -0.2) is 13.1 Å². The Morgan fingerprint density at radius 1 is 1.47 bits per heavy atom. The highest BCUT2D eigenvalue weighted by atomic mass is 33.1. The van der Waals surface area contributed by atoms with Crippen molar-refractivity contribution in [1.82, 2.24) is 4.72 Å². The SMILES string of the molecule is CNS(=O)(=O)Sc1cccc(C(N)=O)c1. The molecule has 15 heavy (non-hydrogen) atoms. The predicted molar refractivity (Wildman–Crippen MR) is 58.8 cm³/mol. The van der Waals surface area contributed by atoms with Crippen LogP contribution in [0, 0.1) is 0 Å². The third-order valence-corrected chi connectivity index (χ3v) is 4.48. The number of carbonyl (C=O) groups is 1. The summed E-state index contributed by atoms with van der Waals surface area (Å²) in [5, 5.41) is 0. The molecule has 0 atom stereocenters. The van der Waals surface area contributed by atoms with Crippen molar-refractivity contribution in [2.24, 2.45) is 5.73 Å². The first-order valence-electron chi connectivity index (χ1n) is 3.97. The fraction of sp³-hybridized carbons (Fsp3) is 0.125. The highest BCUT2D eigenvalue weighted by Crippen LogP contribution is 2.23. The van der Waals surface area contributed by atoms with E-state index in [4.69, 9.17) is 5.73 Å². The van der Waals surface area contributed by atoms with E-state index in [0.717, 1.165) is 0 Å². The second kappa shape index (κ2) is 4.65. The zero-order valence-corrected chi connectivity index (χ0v) is 9.56. The normalized spacial score (nSPS) is 11.3. The zero-order chi connectivity index (χ0) is 11.5. The standard InChI is InChI=1S/C8H10N2O3S2/c1-10-15(12,13)14-7-4-2-3-6(5-7)8(9)11/h2-5,10H,1H3,(H2,9,11). The number of carbonyl (C=O) groups excluding carboxylic acids is 1. The fourth-order valence-electron chi connectivity index (χ4n) is 0.870. The van der Waals surface area contributed by atoms with Crippen molar-refractivity contribution in [2.75, 3.05) is 7.05 Å². The van der Waals surface area contributed by atoms with Gasteiger partial charge in [-0.3, -0.25) is 4.79 Å². The molecule has 3 N–H and O–H groups in total. The molecule has 7 heteroatoms. The number of nitrogens with one attached hydrogen (secondary N) is 1. The molecule has 0 bridgehead atoms. The van der Waals surface area contributed by atoms with Crippen LogP contribution in [-0.4, -0.2) is 21.4 Å². The second-order valence-corrected chi connectivity index (χ2v) is 6.40. The third kappa shape index (κ3) is 3.54. The second-order valence-electron chi connectivity index (χ2n) is 2.63. The highest BCUT2D eigenvalue weighted by molar-refractivity contribution is 8.71. The van der Waals surface area contributed by atoms with Gasteiger partial charge >= 0.3 is 0 Å². The summed E-state index contributed by atoms with van der Waals surface area (Å²) in [5.41, 5.74) is 5.35. The number of nitrogens with two attached hydrogens (primary N) is 1. The van der Waals surface area contributed by atoms with Crippen LogP contribution in [0.3, 0.4) is 0 Å². The van der Waals surface area contributed by atoms with Gasteiger partial charge < -0.3 is 5.73 Å². The van der Waals surface area contributed by atoms with Crippen LogP contribution in [-0.2, 0) is 9.06 Å². The number of benzene rings is 1. The van der Waals surface area contributed by atoms with Crippen LogP contribution in [0.25, 0.3) is 0 Å². The summed E-state index contributed by atoms with van der Waals surface area (Å²) in [7, 11) is -1.45. The maximum atomic E-state index is 11.2. The van der Waals surface area contributed by atoms with Crippen molar-refractivity contribution < 1.29 is 13.2 Å². The van der Waals surface area contributed by atoms with Crippen LogP contribution in [0.15, 0.2) is 29.2 Å². The number of rotatable bonds is 4. The minimum Gasteiger partial charge on any atom is -0.366 e. The first-order chi connectivity index (χ1) is 6.94. The first-order valence-corrected chi connectivity index (χ1v) is 6.79. The van der Waals surface area contributed by atoms with Crippen LogP contribution < -0.4 is 10.5 Å². The molecule has 0 aliphatic heterocycles. The average Bonchev–Trinajstić information content (AvgIpc) is 2.17. The minimum absolute atomic E-state index is 0.284. The van der Waals surface area contributed by atoms with Gasteiger partial charge in [0.15, 0.2) is 0 Å². The zero-order valence-electron chi connectivity index (χ0n) is 7.93. The summed E-state index contributed by atoms with van der Waals surface area (Å²) in [6, 6.07) is 6.12. The Morgan fingerprint density at radius 3 is 2.67 bits per heavy atom. The van der Waals surface area contributed by atoms with Crippen molar-refractivity contribution in [2.45, 2.75) is 4.90 Å². The molecule has 0 radical (unpaired) electrons. The first kappa shape index (κ1) is 12.0. The van der Waals surface area contributed by atoms with Crippen molar-refractivity contribution in [3.8, 4) is 0 Å². The maximum Gasteiger partial charge on any atom is 0.269 e. The molecule has 1 aromatic carbocycles. The van der Waals surface area contributed by atoms with E-state index in [1.807, 2.05) is 0 Å². The van der Waals surface area contributed by atoms with Crippen molar-refractivity contribution in [3.05, 3.63) is 29.8 Å². The Bertz CT molecular complexity index is 471. The molecular formula is C8H10N2O3S2. The van der Waals surface area contributed by atoms with Gasteiger partial charge in [0.2, 0.25) is 5.91 Å². The summed E-state index contributed by atoms with van der Waals surface area (Å²) in [6.45, 7) is 0. The monoisotopic (exact) mass is 246 g/mol. The van der Waals surface area contributed by atoms with Crippen LogP contribution in [0.4, 0.5) is 0 Å². The topological polar surface area (TPSA) is 89.3 Å². The molecule has 0 saturated heterocycles. The molecule has 0 aromatic heterocycles. The molecule has 0 heterocycles. The Kier molecular flexibility index (Phi) is 3.72. The summed E-state index contributed by atoms with van der Waals surface area (Å²) >= 11 is 0. The molecule has 0 spiro atoms. The molecule has 0 aliphatic carbocycles. The lowest BCUT2D eigenvalue weighted by atomic mass is 10.2. The predicted octanol–water partition coefficient (Wildman–Crippen LogP) is 0.342. The highest BCUT2D eigenvalue weighted by Gasteiger charge is 2.10. The molecule has 1 aromatic rings. The van der Waals surface area contributed by atoms with E-state index in [2.05, 4.69) is 4.72 Å². The van der Waals surface area contributed by atoms with Gasteiger partial charge in [-0.05, 0) is 25.2 Å². The van der Waals surface area contributed by atoms with E-state index in [-0.39, 0.29) is 5.56 Å². The van der Waals surface area contributed by atoms with Gasteiger partial charge in [0.1, 0.15) is 0 Å². The van der Waals surface area contributed by atoms with E-state index in [9.17, 15) is 13.2 Å². The van der Waals surface area contributed by atoms with Crippen LogP contribution >= 0.6 is 10.8 Å². The molecule has 0 unspecified atom stereocenters. The molecule has 1 amide bonds. The Morgan fingerprint density at radius 2 is 2.13 bits per heavy atom. The van der Waals surface area contributed by atoms with Crippen LogP contribution in [0.2, 0.25) is 0 Å². The van der Waals surface area contributed by atoms with Gasteiger partial charge in [-0.15, -0.1) is 0 Å². The molecule has 0 saturated carbocycles. The summed E-state index contributed by atoms with van der Waals surface area (Å²) < 4.78 is 24.5. The van der Waals surface area contributed by atoms with E-state index < -0.39 is 15.0 Å². The minimum atomic E-state index is -3.40. The van der Waals surface area contributed by atoms with Crippen molar-refractivity contribution in [3.63, 3.8) is 0 Å². The lowest BCUT2D eigenvalue weighted by Gasteiger charge is -2.02. The summed E-state index contributed by atoms with van der Waals surface area (Å²) in [4.78, 5) is 11.3. The molecule has 82 valence electrons. The van der Waals surface area contributed by atoms with Crippen molar-refractivity contribution >= 4 is 25.8 Å². The number of primary amides is 1. The van der Waals surface area contributed by atoms with Gasteiger partial charge in [0.25, 0.3) is 9.06 Å². The number of hydrogen-bond donors (Lipinski definition) is 2. The number of hydrogen-bond acceptors (Lipinski definition) is 4. The average molecular weight is 246 g/mol. The Labute approximate surface area is 91.5 Å². The van der Waals surface area contributed by atoms with Gasteiger partial charge in [0.05, 0.1) is 0 Å².